The van der Waals surface area contributed by atoms with E-state index in [-0.39, 0.29) is 0 Å². The molecule has 0 radical (unpaired) electrons. The molecular weight excluding hydrogens is 294 g/mol. The molecule has 1 aromatic heterocycles. The van der Waals surface area contributed by atoms with E-state index < -0.39 is 0 Å². The Balaban J connectivity index is 1.96. The van der Waals surface area contributed by atoms with Crippen LogP contribution in [0.2, 0.25) is 0 Å². The van der Waals surface area contributed by atoms with Crippen molar-refractivity contribution in [3.8, 4) is 0 Å². The minimum absolute atomic E-state index is 0.522. The lowest BCUT2D eigenvalue weighted by Gasteiger charge is -1.98. The van der Waals surface area contributed by atoms with Crippen molar-refractivity contribution >= 4 is 44.2 Å². The summed E-state index contributed by atoms with van der Waals surface area (Å²) in [4.78, 5) is 0. The van der Waals surface area contributed by atoms with Crippen LogP contribution in [-0.4, -0.2) is 10.2 Å². The second-order valence-electron chi connectivity index (χ2n) is 2.82. The molecule has 15 heavy (non-hydrogen) atoms. The molecule has 0 unspecified atom stereocenters. The molecular formula is C9H8BrN3S2. The van der Waals surface area contributed by atoms with Crippen molar-refractivity contribution in [2.24, 2.45) is 0 Å². The summed E-state index contributed by atoms with van der Waals surface area (Å²) in [5, 5.41) is 8.23. The standard InChI is InChI=1S/C9H8BrN3S2/c10-7-3-1-6(2-4-7)5-14-9-13-12-8(11)15-9/h1-4H,5H2,(H2,11,12). The van der Waals surface area contributed by atoms with Gasteiger partial charge in [-0.2, -0.15) is 0 Å². The van der Waals surface area contributed by atoms with Crippen LogP contribution in [0.5, 0.6) is 0 Å². The summed E-state index contributed by atoms with van der Waals surface area (Å²) in [7, 11) is 0. The third kappa shape index (κ3) is 3.19. The maximum absolute atomic E-state index is 5.49. The number of thioether (sulfide) groups is 1. The fraction of sp³-hybridized carbons (Fsp3) is 0.111. The molecule has 0 fully saturated rings. The Kier molecular flexibility index (Phi) is 3.61. The number of halogens is 1. The highest BCUT2D eigenvalue weighted by Crippen LogP contribution is 2.27. The molecule has 0 aliphatic heterocycles. The van der Waals surface area contributed by atoms with E-state index >= 15 is 0 Å². The quantitative estimate of drug-likeness (QED) is 0.885. The molecule has 3 nitrogen and oxygen atoms in total. The van der Waals surface area contributed by atoms with Gasteiger partial charge >= 0.3 is 0 Å². The summed E-state index contributed by atoms with van der Waals surface area (Å²) < 4.78 is 2.01. The predicted octanol–water partition coefficient (Wildman–Crippen LogP) is 3.18. The Morgan fingerprint density at radius 2 is 2.00 bits per heavy atom. The first-order valence-corrected chi connectivity index (χ1v) is 6.80. The molecule has 0 aliphatic rings. The highest BCUT2D eigenvalue weighted by Gasteiger charge is 2.02. The number of anilines is 1. The van der Waals surface area contributed by atoms with Gasteiger partial charge in [-0.15, -0.1) is 10.2 Å². The third-order valence-corrected chi connectivity index (χ3v) is 4.18. The SMILES string of the molecule is Nc1nnc(SCc2ccc(Br)cc2)s1. The molecule has 0 saturated carbocycles. The molecule has 1 heterocycles. The molecule has 6 heteroatoms. The second kappa shape index (κ2) is 4.96. The fourth-order valence-electron chi connectivity index (χ4n) is 1.00. The van der Waals surface area contributed by atoms with Gasteiger partial charge in [-0.1, -0.05) is 51.2 Å². The van der Waals surface area contributed by atoms with Crippen LogP contribution < -0.4 is 5.73 Å². The van der Waals surface area contributed by atoms with Crippen molar-refractivity contribution in [1.29, 1.82) is 0 Å². The van der Waals surface area contributed by atoms with Gasteiger partial charge in [-0.25, -0.2) is 0 Å². The lowest BCUT2D eigenvalue weighted by atomic mass is 10.2. The van der Waals surface area contributed by atoms with Crippen LogP contribution in [0.1, 0.15) is 5.56 Å². The number of aromatic nitrogens is 2. The van der Waals surface area contributed by atoms with Crippen LogP contribution in [0.25, 0.3) is 0 Å². The van der Waals surface area contributed by atoms with Gasteiger partial charge in [0.25, 0.3) is 0 Å². The molecule has 1 aromatic carbocycles. The minimum atomic E-state index is 0.522. The van der Waals surface area contributed by atoms with Crippen molar-refractivity contribution in [2.75, 3.05) is 5.73 Å². The predicted molar refractivity (Wildman–Crippen MR) is 68.0 cm³/mol. The van der Waals surface area contributed by atoms with Crippen molar-refractivity contribution in [2.45, 2.75) is 10.1 Å². The molecule has 0 bridgehead atoms. The molecule has 0 atom stereocenters. The summed E-state index contributed by atoms with van der Waals surface area (Å²) >= 11 is 6.47. The van der Waals surface area contributed by atoms with Gasteiger partial charge in [0, 0.05) is 10.2 Å². The van der Waals surface area contributed by atoms with E-state index in [1.165, 1.54) is 16.9 Å². The van der Waals surface area contributed by atoms with Crippen LogP contribution in [-0.2, 0) is 5.75 Å². The number of nitrogens with two attached hydrogens (primary N) is 1. The van der Waals surface area contributed by atoms with Crippen LogP contribution >= 0.6 is 39.0 Å². The topological polar surface area (TPSA) is 51.8 Å². The lowest BCUT2D eigenvalue weighted by Crippen LogP contribution is -1.80. The molecule has 2 rings (SSSR count). The van der Waals surface area contributed by atoms with Gasteiger partial charge in [0.05, 0.1) is 0 Å². The average molecular weight is 302 g/mol. The zero-order valence-electron chi connectivity index (χ0n) is 7.68. The number of hydrogen-bond donors (Lipinski definition) is 1. The van der Waals surface area contributed by atoms with E-state index in [0.717, 1.165) is 14.6 Å². The van der Waals surface area contributed by atoms with Gasteiger partial charge in [-0.05, 0) is 17.7 Å². The van der Waals surface area contributed by atoms with Crippen molar-refractivity contribution in [3.63, 3.8) is 0 Å². The van der Waals surface area contributed by atoms with Gasteiger partial charge in [-0.3, -0.25) is 0 Å². The summed E-state index contributed by atoms with van der Waals surface area (Å²) in [5.74, 6) is 0.891. The molecule has 0 amide bonds. The zero-order chi connectivity index (χ0) is 10.7. The first-order valence-electron chi connectivity index (χ1n) is 4.20. The Labute approximate surface area is 104 Å². The number of hydrogen-bond acceptors (Lipinski definition) is 5. The number of benzene rings is 1. The summed E-state index contributed by atoms with van der Waals surface area (Å²) in [5.41, 5.74) is 6.75. The lowest BCUT2D eigenvalue weighted by molar-refractivity contribution is 1.02. The van der Waals surface area contributed by atoms with Gasteiger partial charge in [0.15, 0.2) is 4.34 Å². The normalized spacial score (nSPS) is 10.5. The van der Waals surface area contributed by atoms with E-state index in [1.54, 1.807) is 11.8 Å². The van der Waals surface area contributed by atoms with Crippen molar-refractivity contribution < 1.29 is 0 Å². The van der Waals surface area contributed by atoms with Gasteiger partial charge in [0.2, 0.25) is 5.13 Å². The zero-order valence-corrected chi connectivity index (χ0v) is 10.9. The van der Waals surface area contributed by atoms with Gasteiger partial charge in [0.1, 0.15) is 0 Å². The fourth-order valence-corrected chi connectivity index (χ4v) is 2.86. The number of nitrogen functional groups attached to an aromatic ring is 1. The highest BCUT2D eigenvalue weighted by molar-refractivity contribution is 9.10. The van der Waals surface area contributed by atoms with E-state index in [2.05, 4.69) is 38.3 Å². The van der Waals surface area contributed by atoms with Crippen molar-refractivity contribution in [3.05, 3.63) is 34.3 Å². The Hall–Kier alpha value is -0.590. The largest absolute Gasteiger partial charge is 0.374 e. The Bertz CT molecular complexity index is 441. The maximum atomic E-state index is 5.49. The first-order chi connectivity index (χ1) is 7.24. The van der Waals surface area contributed by atoms with E-state index in [1.807, 2.05) is 12.1 Å². The smallest absolute Gasteiger partial charge is 0.203 e. The summed E-state index contributed by atoms with van der Waals surface area (Å²) in [6.45, 7) is 0. The second-order valence-corrected chi connectivity index (χ2v) is 5.97. The average Bonchev–Trinajstić information content (AvgIpc) is 2.64. The van der Waals surface area contributed by atoms with Crippen LogP contribution in [0.15, 0.2) is 33.1 Å². The number of rotatable bonds is 3. The molecule has 2 N–H and O–H groups in total. The van der Waals surface area contributed by atoms with E-state index in [4.69, 9.17) is 5.73 Å². The first kappa shape index (κ1) is 10.9. The Morgan fingerprint density at radius 3 is 2.60 bits per heavy atom. The minimum Gasteiger partial charge on any atom is -0.374 e. The van der Waals surface area contributed by atoms with Crippen LogP contribution in [0.3, 0.4) is 0 Å². The monoisotopic (exact) mass is 301 g/mol. The highest BCUT2D eigenvalue weighted by atomic mass is 79.9. The van der Waals surface area contributed by atoms with Gasteiger partial charge < -0.3 is 5.73 Å². The summed E-state index contributed by atoms with van der Waals surface area (Å²) in [6.07, 6.45) is 0. The van der Waals surface area contributed by atoms with Crippen molar-refractivity contribution in [1.82, 2.24) is 10.2 Å². The Morgan fingerprint density at radius 1 is 1.27 bits per heavy atom. The van der Waals surface area contributed by atoms with E-state index in [9.17, 15) is 0 Å². The molecule has 0 spiro atoms. The third-order valence-electron chi connectivity index (χ3n) is 1.70. The number of nitrogens with zero attached hydrogens (tertiary/aromatic N) is 2. The van der Waals surface area contributed by atoms with Crippen LogP contribution in [0.4, 0.5) is 5.13 Å². The molecule has 0 saturated heterocycles. The summed E-state index contributed by atoms with van der Waals surface area (Å²) in [6, 6.07) is 8.23. The van der Waals surface area contributed by atoms with Crippen LogP contribution in [0, 0.1) is 0 Å². The molecule has 0 aliphatic carbocycles. The van der Waals surface area contributed by atoms with E-state index in [0.29, 0.717) is 5.13 Å². The molecule has 2 aromatic rings. The maximum Gasteiger partial charge on any atom is 0.203 e. The molecule has 78 valence electrons.